The smallest absolute Gasteiger partial charge is 0.335 e. The Hall–Kier alpha value is -3.24. The van der Waals surface area contributed by atoms with Gasteiger partial charge in [0.1, 0.15) is 10.6 Å². The first-order valence-corrected chi connectivity index (χ1v) is 14.8. The molecule has 0 saturated heterocycles. The van der Waals surface area contributed by atoms with Gasteiger partial charge in [0, 0.05) is 25.7 Å². The van der Waals surface area contributed by atoms with E-state index in [0.29, 0.717) is 17.0 Å². The molecule has 4 rings (SSSR count). The Morgan fingerprint density at radius 3 is 2.33 bits per heavy atom. The molecule has 3 N–H and O–H groups in total. The fourth-order valence-electron chi connectivity index (χ4n) is 5.50. The van der Waals surface area contributed by atoms with E-state index in [2.05, 4.69) is 43.4 Å². The van der Waals surface area contributed by atoms with Crippen molar-refractivity contribution in [1.29, 1.82) is 0 Å². The van der Waals surface area contributed by atoms with Crippen LogP contribution in [0.25, 0.3) is 11.1 Å². The molecule has 1 aliphatic rings. The topological polar surface area (TPSA) is 116 Å². The van der Waals surface area contributed by atoms with Crippen LogP contribution in [0.15, 0.2) is 71.6 Å². The summed E-state index contributed by atoms with van der Waals surface area (Å²) in [5, 5.41) is 23.5. The zero-order chi connectivity index (χ0) is 29.1. The first kappa shape index (κ1) is 29.7. The molecule has 3 aromatic rings. The molecule has 0 aromatic heterocycles. The van der Waals surface area contributed by atoms with E-state index in [4.69, 9.17) is 4.74 Å². The van der Waals surface area contributed by atoms with Crippen LogP contribution in [-0.2, 0) is 22.9 Å². The number of benzene rings is 3. The van der Waals surface area contributed by atoms with E-state index in [-0.39, 0.29) is 34.8 Å². The van der Waals surface area contributed by atoms with Crippen molar-refractivity contribution in [3.05, 3.63) is 83.4 Å². The molecule has 3 aromatic carbocycles. The predicted octanol–water partition coefficient (Wildman–Crippen LogP) is 4.22. The fourth-order valence-corrected chi connectivity index (χ4v) is 6.88. The van der Waals surface area contributed by atoms with Crippen molar-refractivity contribution in [2.45, 2.75) is 49.6 Å². The Morgan fingerprint density at radius 1 is 1.05 bits per heavy atom. The number of β-amino-alcohol motifs (C(OH)–C–C–N with tert-alkyl or cyclic N) is 1. The number of aliphatic hydroxyl groups is 1. The number of fused-ring (bicyclic) bond motifs is 1. The van der Waals surface area contributed by atoms with Crippen LogP contribution in [-0.4, -0.2) is 67.8 Å². The molecule has 0 spiro atoms. The van der Waals surface area contributed by atoms with Crippen molar-refractivity contribution in [2.24, 2.45) is 5.92 Å². The predicted molar refractivity (Wildman–Crippen MR) is 155 cm³/mol. The second-order valence-corrected chi connectivity index (χ2v) is 13.2. The number of carboxylic acids is 1. The number of ether oxygens (including phenoxy) is 1. The lowest BCUT2D eigenvalue weighted by molar-refractivity contribution is 0.0697. The van der Waals surface area contributed by atoms with Gasteiger partial charge >= 0.3 is 5.97 Å². The van der Waals surface area contributed by atoms with Crippen molar-refractivity contribution in [1.82, 2.24) is 9.62 Å². The minimum Gasteiger partial charge on any atom is -0.495 e. The van der Waals surface area contributed by atoms with E-state index >= 15 is 0 Å². The van der Waals surface area contributed by atoms with Gasteiger partial charge in [0.15, 0.2) is 0 Å². The molecule has 9 heteroatoms. The average Bonchev–Trinajstić information content (AvgIpc) is 3.33. The molecule has 0 fully saturated rings. The van der Waals surface area contributed by atoms with Crippen LogP contribution in [0.1, 0.15) is 41.8 Å². The number of hydrogen-bond donors (Lipinski definition) is 3. The second-order valence-electron chi connectivity index (χ2n) is 11.2. The normalized spacial score (nSPS) is 14.8. The molecule has 1 aliphatic carbocycles. The number of nitrogens with zero attached hydrogens (tertiary/aromatic N) is 1. The van der Waals surface area contributed by atoms with E-state index in [1.165, 1.54) is 43.5 Å². The fraction of sp³-hybridized carbons (Fsp3) is 0.387. The van der Waals surface area contributed by atoms with E-state index in [0.717, 1.165) is 23.6 Å². The monoisotopic (exact) mass is 566 g/mol. The first-order chi connectivity index (χ1) is 18.9. The number of aromatic carboxylic acids is 1. The molecule has 0 heterocycles. The van der Waals surface area contributed by atoms with E-state index < -0.39 is 22.1 Å². The molecule has 0 amide bonds. The lowest BCUT2D eigenvalue weighted by Gasteiger charge is -2.31. The van der Waals surface area contributed by atoms with Gasteiger partial charge in [-0.15, -0.1) is 0 Å². The summed E-state index contributed by atoms with van der Waals surface area (Å²) in [6.07, 6.45) is 2.11. The van der Waals surface area contributed by atoms with Crippen LogP contribution in [0.2, 0.25) is 0 Å². The molecule has 8 nitrogen and oxygen atoms in total. The summed E-state index contributed by atoms with van der Waals surface area (Å²) in [6, 6.07) is 19.5. The number of hydrogen-bond acceptors (Lipinski definition) is 6. The van der Waals surface area contributed by atoms with Gasteiger partial charge in [0.25, 0.3) is 0 Å². The number of carboxylic acid groups (broad SMARTS) is 1. The SMILES string of the molecule is COc1ccc(-c2cccc(C(=O)O)c2)cc1S(=O)(=O)N(C)CC(O)CNC(C)(C)CC1Cc2ccccc2C1. The number of aliphatic hydroxyl groups excluding tert-OH is 1. The zero-order valence-corrected chi connectivity index (χ0v) is 24.2. The van der Waals surface area contributed by atoms with Gasteiger partial charge in [0.2, 0.25) is 10.0 Å². The standard InChI is InChI=1S/C31H38N2O6S/c1-31(2,18-21-14-22-8-5-6-9-23(22)15-21)32-19-27(34)20-33(3)40(37,38)29-17-25(12-13-28(29)39-4)24-10-7-11-26(16-24)30(35)36/h5-13,16-17,21,27,32,34H,14-15,18-20H2,1-4H3,(H,35,36). The molecule has 0 radical (unpaired) electrons. The third kappa shape index (κ3) is 6.90. The molecule has 0 saturated carbocycles. The minimum atomic E-state index is -4.03. The Bertz CT molecular complexity index is 1450. The van der Waals surface area contributed by atoms with Crippen molar-refractivity contribution in [2.75, 3.05) is 27.2 Å². The summed E-state index contributed by atoms with van der Waals surface area (Å²) in [6.45, 7) is 4.35. The van der Waals surface area contributed by atoms with Crippen LogP contribution in [0.5, 0.6) is 5.75 Å². The summed E-state index contributed by atoms with van der Waals surface area (Å²) in [7, 11) is -1.21. The van der Waals surface area contributed by atoms with Crippen molar-refractivity contribution in [3.63, 3.8) is 0 Å². The van der Waals surface area contributed by atoms with Crippen LogP contribution in [0.4, 0.5) is 0 Å². The lowest BCUT2D eigenvalue weighted by Crippen LogP contribution is -2.47. The number of likely N-dealkylation sites (N-methyl/N-ethyl adjacent to an activating group) is 1. The number of carbonyl (C=O) groups is 1. The zero-order valence-electron chi connectivity index (χ0n) is 23.4. The highest BCUT2D eigenvalue weighted by molar-refractivity contribution is 7.89. The summed E-state index contributed by atoms with van der Waals surface area (Å²) in [4.78, 5) is 11.3. The number of methoxy groups -OCH3 is 1. The summed E-state index contributed by atoms with van der Waals surface area (Å²) >= 11 is 0. The maximum absolute atomic E-state index is 13.6. The number of sulfonamides is 1. The Labute approximate surface area is 236 Å². The molecule has 0 aliphatic heterocycles. The van der Waals surface area contributed by atoms with E-state index in [9.17, 15) is 23.4 Å². The maximum atomic E-state index is 13.6. The van der Waals surface area contributed by atoms with Gasteiger partial charge in [-0.3, -0.25) is 0 Å². The van der Waals surface area contributed by atoms with E-state index in [1.807, 2.05) is 0 Å². The minimum absolute atomic E-state index is 0.0583. The highest BCUT2D eigenvalue weighted by atomic mass is 32.2. The molecule has 0 bridgehead atoms. The summed E-state index contributed by atoms with van der Waals surface area (Å²) in [5.74, 6) is -0.380. The molecular formula is C31H38N2O6S. The number of nitrogens with one attached hydrogen (secondary N) is 1. The van der Waals surface area contributed by atoms with Crippen molar-refractivity contribution >= 4 is 16.0 Å². The highest BCUT2D eigenvalue weighted by Gasteiger charge is 2.30. The van der Waals surface area contributed by atoms with Crippen molar-refractivity contribution < 1.29 is 28.2 Å². The van der Waals surface area contributed by atoms with E-state index in [1.54, 1.807) is 24.3 Å². The Balaban J connectivity index is 1.41. The summed E-state index contributed by atoms with van der Waals surface area (Å²) in [5.41, 5.74) is 3.79. The second kappa shape index (κ2) is 12.1. The van der Waals surface area contributed by atoms with Crippen LogP contribution >= 0.6 is 0 Å². The first-order valence-electron chi connectivity index (χ1n) is 13.4. The van der Waals surface area contributed by atoms with Gasteiger partial charge < -0.3 is 20.3 Å². The van der Waals surface area contributed by atoms with Gasteiger partial charge in [0.05, 0.1) is 18.8 Å². The van der Waals surface area contributed by atoms with Crippen LogP contribution in [0.3, 0.4) is 0 Å². The summed E-state index contributed by atoms with van der Waals surface area (Å²) < 4.78 is 33.6. The van der Waals surface area contributed by atoms with Gasteiger partial charge in [-0.05, 0) is 85.5 Å². The number of rotatable bonds is 12. The largest absolute Gasteiger partial charge is 0.495 e. The van der Waals surface area contributed by atoms with Gasteiger partial charge in [-0.2, -0.15) is 4.31 Å². The molecule has 1 atom stereocenters. The molecule has 1 unspecified atom stereocenters. The average molecular weight is 567 g/mol. The third-order valence-electron chi connectivity index (χ3n) is 7.51. The van der Waals surface area contributed by atoms with Crippen molar-refractivity contribution in [3.8, 4) is 16.9 Å². The molecular weight excluding hydrogens is 528 g/mol. The highest BCUT2D eigenvalue weighted by Crippen LogP contribution is 2.33. The van der Waals surface area contributed by atoms with Crippen LogP contribution < -0.4 is 10.1 Å². The Morgan fingerprint density at radius 2 is 1.70 bits per heavy atom. The quantitative estimate of drug-likeness (QED) is 0.301. The van der Waals surface area contributed by atoms with Crippen LogP contribution in [0, 0.1) is 5.92 Å². The van der Waals surface area contributed by atoms with Gasteiger partial charge in [-0.25, -0.2) is 13.2 Å². The molecule has 40 heavy (non-hydrogen) atoms. The third-order valence-corrected chi connectivity index (χ3v) is 9.36. The maximum Gasteiger partial charge on any atom is 0.335 e. The Kier molecular flexibility index (Phi) is 8.99. The molecule has 214 valence electrons. The lowest BCUT2D eigenvalue weighted by atomic mass is 9.88. The van der Waals surface area contributed by atoms with Gasteiger partial charge in [-0.1, -0.05) is 42.5 Å².